The molecule has 10 heteroatoms. The number of nitrogens with zero attached hydrogens (tertiary/aromatic N) is 2. The van der Waals surface area contributed by atoms with E-state index < -0.39 is 6.04 Å². The smallest absolute Gasteiger partial charge is 0.255 e. The summed E-state index contributed by atoms with van der Waals surface area (Å²) in [5.74, 6) is 0.250. The first kappa shape index (κ1) is 26.8. The Labute approximate surface area is 236 Å². The molecule has 2 aliphatic rings. The molecule has 2 heterocycles. The van der Waals surface area contributed by atoms with Crippen LogP contribution in [-0.2, 0) is 11.2 Å². The number of halogens is 2. The molecule has 39 heavy (non-hydrogen) atoms. The number of rotatable bonds is 6. The van der Waals surface area contributed by atoms with Crippen molar-refractivity contribution in [3.63, 3.8) is 0 Å². The van der Waals surface area contributed by atoms with Crippen LogP contribution in [0, 0.1) is 0 Å². The molecule has 0 saturated carbocycles. The SMILES string of the molecule is C[C@@H]1CN(C(=O)[C@H](Cc2ccccc2)NC(=O)c2ccc3c(c2)OCO3)CCN1C(=O)c1ccc(Cl)cc1Cl. The van der Waals surface area contributed by atoms with Crippen molar-refractivity contribution in [3.8, 4) is 11.5 Å². The van der Waals surface area contributed by atoms with Crippen LogP contribution in [0.3, 0.4) is 0 Å². The van der Waals surface area contributed by atoms with E-state index >= 15 is 0 Å². The molecule has 0 unspecified atom stereocenters. The van der Waals surface area contributed by atoms with E-state index in [-0.39, 0.29) is 35.6 Å². The first-order valence-electron chi connectivity index (χ1n) is 12.6. The van der Waals surface area contributed by atoms with E-state index in [0.29, 0.717) is 53.7 Å². The second kappa shape index (κ2) is 11.6. The first-order valence-corrected chi connectivity index (χ1v) is 13.3. The highest BCUT2D eigenvalue weighted by atomic mass is 35.5. The van der Waals surface area contributed by atoms with E-state index in [1.807, 2.05) is 37.3 Å². The number of amides is 3. The van der Waals surface area contributed by atoms with Crippen LogP contribution in [0.5, 0.6) is 11.5 Å². The Hall–Kier alpha value is -3.75. The van der Waals surface area contributed by atoms with E-state index in [1.54, 1.807) is 40.1 Å². The van der Waals surface area contributed by atoms with Crippen LogP contribution in [0.25, 0.3) is 0 Å². The topological polar surface area (TPSA) is 88.2 Å². The van der Waals surface area contributed by atoms with Crippen LogP contribution in [0.2, 0.25) is 10.0 Å². The minimum atomic E-state index is -0.800. The minimum Gasteiger partial charge on any atom is -0.454 e. The Balaban J connectivity index is 1.30. The highest BCUT2D eigenvalue weighted by Crippen LogP contribution is 2.32. The minimum absolute atomic E-state index is 0.104. The summed E-state index contributed by atoms with van der Waals surface area (Å²) in [6, 6.07) is 18.2. The van der Waals surface area contributed by atoms with Gasteiger partial charge in [0.05, 0.1) is 10.6 Å². The second-order valence-electron chi connectivity index (χ2n) is 9.54. The summed E-state index contributed by atoms with van der Waals surface area (Å²) in [4.78, 5) is 43.6. The molecule has 3 aromatic carbocycles. The van der Waals surface area contributed by atoms with Crippen LogP contribution in [0.4, 0.5) is 0 Å². The zero-order valence-corrected chi connectivity index (χ0v) is 22.7. The van der Waals surface area contributed by atoms with Gasteiger partial charge in [-0.05, 0) is 48.9 Å². The van der Waals surface area contributed by atoms with Gasteiger partial charge < -0.3 is 24.6 Å². The molecule has 5 rings (SSSR count). The van der Waals surface area contributed by atoms with E-state index in [4.69, 9.17) is 32.7 Å². The molecule has 1 fully saturated rings. The van der Waals surface area contributed by atoms with Crippen LogP contribution >= 0.6 is 23.2 Å². The monoisotopic (exact) mass is 567 g/mol. The largest absolute Gasteiger partial charge is 0.454 e. The molecule has 3 amide bonds. The first-order chi connectivity index (χ1) is 18.8. The molecule has 2 atom stereocenters. The third-order valence-corrected chi connectivity index (χ3v) is 7.43. The molecule has 3 aromatic rings. The van der Waals surface area contributed by atoms with Crippen LogP contribution in [0.15, 0.2) is 66.7 Å². The van der Waals surface area contributed by atoms with Crippen molar-refractivity contribution in [2.24, 2.45) is 0 Å². The number of hydrogen-bond donors (Lipinski definition) is 1. The molecule has 0 aromatic heterocycles. The molecule has 1 N–H and O–H groups in total. The molecule has 202 valence electrons. The highest BCUT2D eigenvalue weighted by molar-refractivity contribution is 6.36. The number of carbonyl (C=O) groups is 3. The number of hydrogen-bond acceptors (Lipinski definition) is 5. The van der Waals surface area contributed by atoms with Crippen molar-refractivity contribution < 1.29 is 23.9 Å². The van der Waals surface area contributed by atoms with Crippen molar-refractivity contribution in [2.45, 2.75) is 25.4 Å². The van der Waals surface area contributed by atoms with Crippen molar-refractivity contribution in [1.82, 2.24) is 15.1 Å². The molecule has 0 aliphatic carbocycles. The Kier molecular flexibility index (Phi) is 7.95. The quantitative estimate of drug-likeness (QED) is 0.476. The zero-order valence-electron chi connectivity index (χ0n) is 21.2. The number of nitrogens with one attached hydrogen (secondary N) is 1. The predicted molar refractivity (Wildman–Crippen MR) is 148 cm³/mol. The lowest BCUT2D eigenvalue weighted by Gasteiger charge is -2.41. The van der Waals surface area contributed by atoms with Gasteiger partial charge in [0, 0.05) is 42.7 Å². The standard InChI is InChI=1S/C29H27Cl2N3O5/c1-18-16-33(11-12-34(18)28(36)22-9-8-21(30)15-23(22)31)29(37)24(13-19-5-3-2-4-6-19)32-27(35)20-7-10-25-26(14-20)39-17-38-25/h2-10,14-15,18,24H,11-13,16-17H2,1H3,(H,32,35)/t18-,24+/m1/s1. The molecular weight excluding hydrogens is 541 g/mol. The van der Waals surface area contributed by atoms with Crippen LogP contribution in [0.1, 0.15) is 33.2 Å². The van der Waals surface area contributed by atoms with Crippen molar-refractivity contribution in [3.05, 3.63) is 93.5 Å². The van der Waals surface area contributed by atoms with Crippen LogP contribution < -0.4 is 14.8 Å². The van der Waals surface area contributed by atoms with Gasteiger partial charge >= 0.3 is 0 Å². The lowest BCUT2D eigenvalue weighted by atomic mass is 10.0. The van der Waals surface area contributed by atoms with E-state index in [0.717, 1.165) is 5.56 Å². The van der Waals surface area contributed by atoms with E-state index in [9.17, 15) is 14.4 Å². The third kappa shape index (κ3) is 5.97. The summed E-state index contributed by atoms with van der Waals surface area (Å²) in [6.07, 6.45) is 0.323. The number of piperazine rings is 1. The summed E-state index contributed by atoms with van der Waals surface area (Å²) in [7, 11) is 0. The average molecular weight is 568 g/mol. The molecule has 1 saturated heterocycles. The average Bonchev–Trinajstić information content (AvgIpc) is 3.40. The van der Waals surface area contributed by atoms with Crippen molar-refractivity contribution in [2.75, 3.05) is 26.4 Å². The van der Waals surface area contributed by atoms with E-state index in [2.05, 4.69) is 5.32 Å². The lowest BCUT2D eigenvalue weighted by molar-refractivity contribution is -0.135. The molecule has 0 radical (unpaired) electrons. The maximum atomic E-state index is 13.8. The molecule has 0 spiro atoms. The number of carbonyl (C=O) groups excluding carboxylic acids is 3. The van der Waals surface area contributed by atoms with Gasteiger partial charge in [-0.15, -0.1) is 0 Å². The Bertz CT molecular complexity index is 1400. The molecular formula is C29H27Cl2N3O5. The van der Waals surface area contributed by atoms with Gasteiger partial charge in [0.2, 0.25) is 12.7 Å². The van der Waals surface area contributed by atoms with Crippen molar-refractivity contribution in [1.29, 1.82) is 0 Å². The lowest BCUT2D eigenvalue weighted by Crippen LogP contribution is -2.59. The Morgan fingerprint density at radius 2 is 1.74 bits per heavy atom. The van der Waals surface area contributed by atoms with Crippen molar-refractivity contribution >= 4 is 40.9 Å². The Morgan fingerprint density at radius 3 is 2.49 bits per heavy atom. The number of benzene rings is 3. The Morgan fingerprint density at radius 1 is 0.974 bits per heavy atom. The fourth-order valence-electron chi connectivity index (χ4n) is 4.83. The maximum absolute atomic E-state index is 13.8. The predicted octanol–water partition coefficient (Wildman–Crippen LogP) is 4.44. The van der Waals surface area contributed by atoms with Gasteiger partial charge in [0.1, 0.15) is 6.04 Å². The summed E-state index contributed by atoms with van der Waals surface area (Å²) in [5.41, 5.74) is 1.65. The van der Waals surface area contributed by atoms with E-state index in [1.165, 1.54) is 6.07 Å². The molecule has 2 aliphatic heterocycles. The third-order valence-electron chi connectivity index (χ3n) is 6.88. The van der Waals surface area contributed by atoms with Gasteiger partial charge in [-0.1, -0.05) is 53.5 Å². The maximum Gasteiger partial charge on any atom is 0.255 e. The fraction of sp³-hybridized carbons (Fsp3) is 0.276. The molecule has 8 nitrogen and oxygen atoms in total. The molecule has 0 bridgehead atoms. The number of ether oxygens (including phenoxy) is 2. The normalized spacial score (nSPS) is 17.1. The summed E-state index contributed by atoms with van der Waals surface area (Å²) < 4.78 is 10.7. The van der Waals surface area contributed by atoms with Gasteiger partial charge in [-0.2, -0.15) is 0 Å². The summed E-state index contributed by atoms with van der Waals surface area (Å²) in [6.45, 7) is 2.97. The van der Waals surface area contributed by atoms with Crippen LogP contribution in [-0.4, -0.2) is 66.0 Å². The van der Waals surface area contributed by atoms with Gasteiger partial charge in [-0.3, -0.25) is 14.4 Å². The second-order valence-corrected chi connectivity index (χ2v) is 10.4. The highest BCUT2D eigenvalue weighted by Gasteiger charge is 2.34. The summed E-state index contributed by atoms with van der Waals surface area (Å²) >= 11 is 12.2. The van der Waals surface area contributed by atoms with Gasteiger partial charge in [0.25, 0.3) is 11.8 Å². The fourth-order valence-corrected chi connectivity index (χ4v) is 5.32. The van der Waals surface area contributed by atoms with Gasteiger partial charge in [0.15, 0.2) is 11.5 Å². The number of fused-ring (bicyclic) bond motifs is 1. The zero-order chi connectivity index (χ0) is 27.5. The summed E-state index contributed by atoms with van der Waals surface area (Å²) in [5, 5.41) is 3.66. The van der Waals surface area contributed by atoms with Gasteiger partial charge in [-0.25, -0.2) is 0 Å².